The van der Waals surface area contributed by atoms with Gasteiger partial charge >= 0.3 is 0 Å². The molecule has 1 saturated carbocycles. The zero-order valence-corrected chi connectivity index (χ0v) is 7.04. The molecule has 1 fully saturated rings. The third-order valence-electron chi connectivity index (χ3n) is 2.27. The molecule has 1 aliphatic carbocycles. The average Bonchev–Trinajstić information content (AvgIpc) is 2.33. The summed E-state index contributed by atoms with van der Waals surface area (Å²) in [5, 5.41) is 0. The van der Waals surface area contributed by atoms with Crippen molar-refractivity contribution in [2.24, 2.45) is 5.41 Å². The lowest BCUT2D eigenvalue weighted by Crippen LogP contribution is -2.06. The molecular formula is C10H16. The van der Waals surface area contributed by atoms with E-state index in [1.165, 1.54) is 25.7 Å². The second-order valence-electron chi connectivity index (χ2n) is 3.42. The van der Waals surface area contributed by atoms with Crippen LogP contribution in [0, 0.1) is 17.3 Å². The summed E-state index contributed by atoms with van der Waals surface area (Å²) < 4.78 is 0. The van der Waals surface area contributed by atoms with Gasteiger partial charge in [0.05, 0.1) is 0 Å². The minimum Gasteiger partial charge on any atom is -0.103 e. The fraction of sp³-hybridized carbons (Fsp3) is 0.800. The van der Waals surface area contributed by atoms with Crippen LogP contribution in [-0.4, -0.2) is 0 Å². The molecular weight excluding hydrogens is 120 g/mol. The molecule has 0 aliphatic heterocycles. The predicted octanol–water partition coefficient (Wildman–Crippen LogP) is 2.98. The lowest BCUT2D eigenvalue weighted by molar-refractivity contribution is 0.468. The molecule has 0 heterocycles. The molecule has 0 saturated heterocycles. The van der Waals surface area contributed by atoms with Crippen LogP contribution in [-0.2, 0) is 0 Å². The van der Waals surface area contributed by atoms with Gasteiger partial charge in [-0.05, 0) is 19.8 Å². The van der Waals surface area contributed by atoms with E-state index in [-0.39, 0.29) is 0 Å². The minimum atomic E-state index is 0.385. The zero-order valence-electron chi connectivity index (χ0n) is 7.04. The summed E-state index contributed by atoms with van der Waals surface area (Å²) in [4.78, 5) is 0. The topological polar surface area (TPSA) is 0 Å². The van der Waals surface area contributed by atoms with Crippen molar-refractivity contribution in [3.8, 4) is 11.8 Å². The Morgan fingerprint density at radius 3 is 2.40 bits per heavy atom. The van der Waals surface area contributed by atoms with E-state index in [1.54, 1.807) is 0 Å². The van der Waals surface area contributed by atoms with Crippen molar-refractivity contribution in [1.82, 2.24) is 0 Å². The van der Waals surface area contributed by atoms with Gasteiger partial charge in [-0.3, -0.25) is 0 Å². The Morgan fingerprint density at radius 1 is 1.30 bits per heavy atom. The fourth-order valence-electron chi connectivity index (χ4n) is 1.58. The molecule has 1 aliphatic rings. The highest BCUT2D eigenvalue weighted by atomic mass is 14.3. The van der Waals surface area contributed by atoms with E-state index in [1.807, 2.05) is 0 Å². The molecule has 56 valence electrons. The lowest BCUT2D eigenvalue weighted by atomic mass is 9.90. The lowest BCUT2D eigenvalue weighted by Gasteiger charge is -2.13. The van der Waals surface area contributed by atoms with E-state index >= 15 is 0 Å². The number of hydrogen-bond acceptors (Lipinski definition) is 0. The van der Waals surface area contributed by atoms with Gasteiger partial charge in [0.2, 0.25) is 0 Å². The molecule has 0 N–H and O–H groups in total. The first-order chi connectivity index (χ1) is 4.77. The summed E-state index contributed by atoms with van der Waals surface area (Å²) in [5.74, 6) is 6.54. The van der Waals surface area contributed by atoms with Gasteiger partial charge < -0.3 is 0 Å². The molecule has 0 heteroatoms. The molecule has 1 rings (SSSR count). The third-order valence-corrected chi connectivity index (χ3v) is 2.27. The van der Waals surface area contributed by atoms with Gasteiger partial charge in [-0.15, -0.1) is 5.92 Å². The van der Waals surface area contributed by atoms with Crippen LogP contribution in [0.15, 0.2) is 0 Å². The van der Waals surface area contributed by atoms with E-state index in [0.717, 1.165) is 6.42 Å². The van der Waals surface area contributed by atoms with Crippen LogP contribution in [0.5, 0.6) is 0 Å². The Kier molecular flexibility index (Phi) is 2.38. The maximum Gasteiger partial charge on any atom is 0.0286 e. The van der Waals surface area contributed by atoms with E-state index in [0.29, 0.717) is 5.41 Å². The second kappa shape index (κ2) is 3.10. The molecule has 0 spiro atoms. The van der Waals surface area contributed by atoms with Crippen LogP contribution in [0.4, 0.5) is 0 Å². The smallest absolute Gasteiger partial charge is 0.0286 e. The van der Waals surface area contributed by atoms with Crippen molar-refractivity contribution in [3.05, 3.63) is 0 Å². The quantitative estimate of drug-likeness (QED) is 0.449. The molecule has 0 nitrogen and oxygen atoms in total. The van der Waals surface area contributed by atoms with Gasteiger partial charge in [0.1, 0.15) is 0 Å². The van der Waals surface area contributed by atoms with Crippen molar-refractivity contribution in [2.75, 3.05) is 0 Å². The van der Waals surface area contributed by atoms with Crippen molar-refractivity contribution >= 4 is 0 Å². The molecule has 0 atom stereocenters. The Hall–Kier alpha value is -0.440. The standard InChI is InChI=1S/C10H16/c1-3-4-7-10(2)8-5-6-9-10/h3,5-6,8-9H2,1-2H3. The second-order valence-corrected chi connectivity index (χ2v) is 3.42. The van der Waals surface area contributed by atoms with Crippen LogP contribution in [0.3, 0.4) is 0 Å². The van der Waals surface area contributed by atoms with Crippen LogP contribution < -0.4 is 0 Å². The maximum absolute atomic E-state index is 3.36. The molecule has 0 aromatic heterocycles. The molecule has 0 radical (unpaired) electrons. The Bertz CT molecular complexity index is 151. The van der Waals surface area contributed by atoms with Gasteiger partial charge in [-0.2, -0.15) is 0 Å². The number of hydrogen-bond donors (Lipinski definition) is 0. The monoisotopic (exact) mass is 136 g/mol. The van der Waals surface area contributed by atoms with Crippen LogP contribution in [0.25, 0.3) is 0 Å². The summed E-state index contributed by atoms with van der Waals surface area (Å²) in [6.07, 6.45) is 6.42. The Balaban J connectivity index is 2.51. The van der Waals surface area contributed by atoms with Crippen molar-refractivity contribution < 1.29 is 0 Å². The van der Waals surface area contributed by atoms with Gasteiger partial charge in [0.15, 0.2) is 0 Å². The first-order valence-electron chi connectivity index (χ1n) is 4.27. The van der Waals surface area contributed by atoms with E-state index in [4.69, 9.17) is 0 Å². The highest BCUT2D eigenvalue weighted by Crippen LogP contribution is 2.36. The van der Waals surface area contributed by atoms with E-state index < -0.39 is 0 Å². The van der Waals surface area contributed by atoms with Gasteiger partial charge in [-0.25, -0.2) is 0 Å². The molecule has 0 amide bonds. The maximum atomic E-state index is 3.36. The van der Waals surface area contributed by atoms with Gasteiger partial charge in [0, 0.05) is 11.8 Å². The van der Waals surface area contributed by atoms with Crippen LogP contribution in [0.2, 0.25) is 0 Å². The fourth-order valence-corrected chi connectivity index (χ4v) is 1.58. The van der Waals surface area contributed by atoms with Crippen LogP contribution in [0.1, 0.15) is 46.0 Å². The van der Waals surface area contributed by atoms with Crippen molar-refractivity contribution in [2.45, 2.75) is 46.0 Å². The summed E-state index contributed by atoms with van der Waals surface area (Å²) in [6.45, 7) is 4.41. The molecule has 0 aromatic carbocycles. The van der Waals surface area contributed by atoms with Gasteiger partial charge in [0.25, 0.3) is 0 Å². The zero-order chi connectivity index (χ0) is 7.45. The Labute approximate surface area is 64.0 Å². The van der Waals surface area contributed by atoms with Crippen molar-refractivity contribution in [1.29, 1.82) is 0 Å². The first kappa shape index (κ1) is 7.66. The summed E-state index contributed by atoms with van der Waals surface area (Å²) in [6, 6.07) is 0. The molecule has 10 heavy (non-hydrogen) atoms. The summed E-state index contributed by atoms with van der Waals surface area (Å²) in [7, 11) is 0. The Morgan fingerprint density at radius 2 is 1.90 bits per heavy atom. The molecule has 0 unspecified atom stereocenters. The highest BCUT2D eigenvalue weighted by molar-refractivity contribution is 5.11. The predicted molar refractivity (Wildman–Crippen MR) is 44.6 cm³/mol. The average molecular weight is 136 g/mol. The van der Waals surface area contributed by atoms with Crippen LogP contribution >= 0.6 is 0 Å². The highest BCUT2D eigenvalue weighted by Gasteiger charge is 2.25. The largest absolute Gasteiger partial charge is 0.103 e. The minimum absolute atomic E-state index is 0.385. The third kappa shape index (κ3) is 1.77. The van der Waals surface area contributed by atoms with Crippen molar-refractivity contribution in [3.63, 3.8) is 0 Å². The van der Waals surface area contributed by atoms with E-state index in [9.17, 15) is 0 Å². The SMILES string of the molecule is CCC#CC1(C)CCCC1. The molecule has 0 aromatic rings. The van der Waals surface area contributed by atoms with E-state index in [2.05, 4.69) is 25.7 Å². The first-order valence-corrected chi connectivity index (χ1v) is 4.27. The normalized spacial score (nSPS) is 21.8. The summed E-state index contributed by atoms with van der Waals surface area (Å²) >= 11 is 0. The number of rotatable bonds is 0. The summed E-state index contributed by atoms with van der Waals surface area (Å²) in [5.41, 5.74) is 0.385. The van der Waals surface area contributed by atoms with Gasteiger partial charge in [-0.1, -0.05) is 25.7 Å². The molecule has 0 bridgehead atoms.